The smallest absolute Gasteiger partial charge is 0.244 e. The summed E-state index contributed by atoms with van der Waals surface area (Å²) in [6.45, 7) is 1.01. The highest BCUT2D eigenvalue weighted by Gasteiger charge is 2.55. The summed E-state index contributed by atoms with van der Waals surface area (Å²) in [5, 5.41) is 0. The van der Waals surface area contributed by atoms with Crippen molar-refractivity contribution in [2.45, 2.75) is 36.5 Å². The molecule has 1 aliphatic carbocycles. The van der Waals surface area contributed by atoms with Crippen molar-refractivity contribution in [1.82, 2.24) is 4.90 Å². The van der Waals surface area contributed by atoms with Crippen molar-refractivity contribution < 1.29 is 13.2 Å². The van der Waals surface area contributed by atoms with E-state index in [4.69, 9.17) is 0 Å². The lowest BCUT2D eigenvalue weighted by Gasteiger charge is -2.44. The summed E-state index contributed by atoms with van der Waals surface area (Å²) in [6, 6.07) is 18.3. The van der Waals surface area contributed by atoms with E-state index in [9.17, 15) is 13.2 Å². The Labute approximate surface area is 154 Å². The molecule has 1 heterocycles. The van der Waals surface area contributed by atoms with Crippen molar-refractivity contribution in [3.05, 3.63) is 71.3 Å². The molecule has 1 amide bonds. The lowest BCUT2D eigenvalue weighted by Crippen LogP contribution is -2.58. The zero-order chi connectivity index (χ0) is 18.4. The lowest BCUT2D eigenvalue weighted by molar-refractivity contribution is -0.137. The van der Waals surface area contributed by atoms with E-state index >= 15 is 0 Å². The normalized spacial score (nSPS) is 21.6. The maximum Gasteiger partial charge on any atom is 0.244 e. The van der Waals surface area contributed by atoms with Gasteiger partial charge in [-0.15, -0.1) is 0 Å². The number of amides is 1. The first kappa shape index (κ1) is 17.3. The fourth-order valence-corrected chi connectivity index (χ4v) is 5.74. The van der Waals surface area contributed by atoms with Gasteiger partial charge < -0.3 is 4.90 Å². The quantitative estimate of drug-likeness (QED) is 0.835. The van der Waals surface area contributed by atoms with Crippen LogP contribution in [0.2, 0.25) is 0 Å². The molecule has 0 aromatic heterocycles. The van der Waals surface area contributed by atoms with E-state index in [1.165, 1.54) is 11.8 Å². The molecule has 1 atom stereocenters. The van der Waals surface area contributed by atoms with Crippen LogP contribution in [0.3, 0.4) is 0 Å². The Morgan fingerprint density at radius 1 is 1.04 bits per heavy atom. The summed E-state index contributed by atoms with van der Waals surface area (Å²) in [5.74, 6) is -0.150. The number of carbonyl (C=O) groups excluding carboxylic acids is 1. The van der Waals surface area contributed by atoms with Gasteiger partial charge in [-0.25, -0.2) is 8.42 Å². The van der Waals surface area contributed by atoms with E-state index in [-0.39, 0.29) is 11.8 Å². The van der Waals surface area contributed by atoms with Gasteiger partial charge in [-0.1, -0.05) is 54.6 Å². The van der Waals surface area contributed by atoms with Crippen LogP contribution in [0.1, 0.15) is 41.9 Å². The molecule has 2 aromatic carbocycles. The predicted octanol–water partition coefficient (Wildman–Crippen LogP) is 3.13. The Bertz CT molecular complexity index is 933. The van der Waals surface area contributed by atoms with Crippen molar-refractivity contribution in [3.8, 4) is 0 Å². The van der Waals surface area contributed by atoms with Gasteiger partial charge in [0.05, 0.1) is 0 Å². The monoisotopic (exact) mass is 369 g/mol. The van der Waals surface area contributed by atoms with E-state index in [2.05, 4.69) is 18.2 Å². The van der Waals surface area contributed by atoms with Gasteiger partial charge in [0, 0.05) is 25.3 Å². The molecular formula is C21H23NO3S. The molecule has 1 unspecified atom stereocenters. The summed E-state index contributed by atoms with van der Waals surface area (Å²) >= 11 is 0. The van der Waals surface area contributed by atoms with Gasteiger partial charge in [-0.05, 0) is 36.0 Å². The van der Waals surface area contributed by atoms with E-state index in [0.29, 0.717) is 25.9 Å². The highest BCUT2D eigenvalue weighted by Crippen LogP contribution is 2.43. The Morgan fingerprint density at radius 3 is 2.31 bits per heavy atom. The van der Waals surface area contributed by atoms with E-state index in [1.54, 1.807) is 4.90 Å². The Kier molecular flexibility index (Phi) is 4.14. The fraction of sp³-hybridized carbons (Fsp3) is 0.381. The van der Waals surface area contributed by atoms with Crippen molar-refractivity contribution >= 4 is 15.7 Å². The summed E-state index contributed by atoms with van der Waals surface area (Å²) in [7, 11) is -3.43. The van der Waals surface area contributed by atoms with Crippen LogP contribution in [0.25, 0.3) is 0 Å². The van der Waals surface area contributed by atoms with Crippen LogP contribution in [-0.4, -0.2) is 36.8 Å². The van der Waals surface area contributed by atoms with Gasteiger partial charge in [-0.3, -0.25) is 4.79 Å². The third kappa shape index (κ3) is 2.65. The second kappa shape index (κ2) is 6.23. The molecule has 5 heteroatoms. The molecule has 2 aromatic rings. The van der Waals surface area contributed by atoms with Crippen LogP contribution in [0.15, 0.2) is 54.6 Å². The molecule has 1 saturated carbocycles. The average molecular weight is 369 g/mol. The molecule has 4 rings (SSSR count). The van der Waals surface area contributed by atoms with Gasteiger partial charge in [-0.2, -0.15) is 0 Å². The summed E-state index contributed by atoms with van der Waals surface area (Å²) in [4.78, 5) is 15.0. The maximum atomic E-state index is 13.3. The average Bonchev–Trinajstić information content (AvgIpc) is 2.59. The van der Waals surface area contributed by atoms with Crippen LogP contribution in [0, 0.1) is 0 Å². The Morgan fingerprint density at radius 2 is 1.69 bits per heavy atom. The van der Waals surface area contributed by atoms with E-state index in [1.807, 2.05) is 36.4 Å². The molecule has 1 fully saturated rings. The van der Waals surface area contributed by atoms with Gasteiger partial charge in [0.2, 0.25) is 5.91 Å². The van der Waals surface area contributed by atoms with Crippen LogP contribution in [0.5, 0.6) is 0 Å². The molecular weight excluding hydrogens is 346 g/mol. The zero-order valence-electron chi connectivity index (χ0n) is 14.9. The standard InChI is InChI=1S/C21H23NO3S/c1-26(24,25)21(12-7-13-21)20(23)22-14-17-10-5-6-11-18(17)19(15-22)16-8-3-2-4-9-16/h2-6,8-11,19H,7,12-15H2,1H3. The minimum Gasteiger partial charge on any atom is -0.336 e. The first-order chi connectivity index (χ1) is 12.4. The van der Waals surface area contributed by atoms with Crippen LogP contribution >= 0.6 is 0 Å². The zero-order valence-corrected chi connectivity index (χ0v) is 15.7. The van der Waals surface area contributed by atoms with Crippen molar-refractivity contribution in [1.29, 1.82) is 0 Å². The highest BCUT2D eigenvalue weighted by molar-refractivity contribution is 7.93. The summed E-state index contributed by atoms with van der Waals surface area (Å²) < 4.78 is 23.5. The number of hydrogen-bond acceptors (Lipinski definition) is 3. The number of carbonyl (C=O) groups is 1. The number of rotatable bonds is 3. The van der Waals surface area contributed by atoms with E-state index < -0.39 is 14.6 Å². The second-order valence-corrected chi connectivity index (χ2v) is 9.79. The SMILES string of the molecule is CS(=O)(=O)C1(C(=O)N2Cc3ccccc3C(c3ccccc3)C2)CCC1. The third-order valence-corrected chi connectivity index (χ3v) is 7.95. The molecule has 0 bridgehead atoms. The maximum absolute atomic E-state index is 13.3. The number of fused-ring (bicyclic) bond motifs is 1. The number of benzene rings is 2. The Balaban J connectivity index is 1.73. The lowest BCUT2D eigenvalue weighted by atomic mass is 9.80. The largest absolute Gasteiger partial charge is 0.336 e. The molecule has 2 aliphatic rings. The molecule has 0 saturated heterocycles. The molecule has 136 valence electrons. The second-order valence-electron chi connectivity index (χ2n) is 7.47. The number of nitrogens with zero attached hydrogens (tertiary/aromatic N) is 1. The first-order valence-corrected chi connectivity index (χ1v) is 10.9. The molecule has 0 radical (unpaired) electrons. The van der Waals surface area contributed by atoms with Gasteiger partial charge >= 0.3 is 0 Å². The van der Waals surface area contributed by atoms with Crippen LogP contribution < -0.4 is 0 Å². The highest BCUT2D eigenvalue weighted by atomic mass is 32.2. The van der Waals surface area contributed by atoms with Crippen LogP contribution in [-0.2, 0) is 21.2 Å². The summed E-state index contributed by atoms with van der Waals surface area (Å²) in [6.07, 6.45) is 2.89. The van der Waals surface area contributed by atoms with Gasteiger partial charge in [0.15, 0.2) is 14.6 Å². The van der Waals surface area contributed by atoms with Gasteiger partial charge in [0.1, 0.15) is 0 Å². The number of hydrogen-bond donors (Lipinski definition) is 0. The third-order valence-electron chi connectivity index (χ3n) is 5.94. The first-order valence-electron chi connectivity index (χ1n) is 9.04. The molecule has 0 spiro atoms. The molecule has 0 N–H and O–H groups in total. The molecule has 1 aliphatic heterocycles. The molecule has 4 nitrogen and oxygen atoms in total. The summed E-state index contributed by atoms with van der Waals surface area (Å²) in [5.41, 5.74) is 3.48. The number of sulfone groups is 1. The fourth-order valence-electron chi connectivity index (χ4n) is 4.26. The minimum absolute atomic E-state index is 0.0711. The van der Waals surface area contributed by atoms with Crippen molar-refractivity contribution in [2.24, 2.45) is 0 Å². The van der Waals surface area contributed by atoms with E-state index in [0.717, 1.165) is 17.5 Å². The van der Waals surface area contributed by atoms with Crippen molar-refractivity contribution in [2.75, 3.05) is 12.8 Å². The topological polar surface area (TPSA) is 54.5 Å². The molecule has 26 heavy (non-hydrogen) atoms. The predicted molar refractivity (Wildman–Crippen MR) is 102 cm³/mol. The van der Waals surface area contributed by atoms with Gasteiger partial charge in [0.25, 0.3) is 0 Å². The van der Waals surface area contributed by atoms with Crippen LogP contribution in [0.4, 0.5) is 0 Å². The minimum atomic E-state index is -3.43. The van der Waals surface area contributed by atoms with Crippen molar-refractivity contribution in [3.63, 3.8) is 0 Å². The Hall–Kier alpha value is -2.14.